The van der Waals surface area contributed by atoms with Crippen molar-refractivity contribution in [1.82, 2.24) is 24.3 Å². The van der Waals surface area contributed by atoms with Gasteiger partial charge in [-0.15, -0.1) is 0 Å². The number of carbonyl (C=O) groups is 3. The van der Waals surface area contributed by atoms with Crippen LogP contribution in [0, 0.1) is 16.7 Å². The van der Waals surface area contributed by atoms with Crippen molar-refractivity contribution in [1.29, 1.82) is 0 Å². The highest BCUT2D eigenvalue weighted by molar-refractivity contribution is 6.00. The Morgan fingerprint density at radius 2 is 1.79 bits per heavy atom. The standard InChI is InChI=1S/C28H39N5O5/c1-27(2,3)21-17-32(26(37)38)15-12-28(21)10-13-31(14-11-28)16-18-6-5-7-19-23(18)30(4)25(36)33(19)20-8-9-22(34)29-24(20)35/h5-7,20-21H,8-17H2,1-4H3,(H,37,38)(H,29,34,35). The molecule has 10 nitrogen and oxygen atoms in total. The Labute approximate surface area is 222 Å². The molecular weight excluding hydrogens is 486 g/mol. The molecule has 2 atom stereocenters. The predicted molar refractivity (Wildman–Crippen MR) is 143 cm³/mol. The lowest BCUT2D eigenvalue weighted by atomic mass is 9.57. The van der Waals surface area contributed by atoms with Crippen molar-refractivity contribution in [2.24, 2.45) is 23.8 Å². The summed E-state index contributed by atoms with van der Waals surface area (Å²) in [6.07, 6.45) is 2.65. The van der Waals surface area contributed by atoms with Gasteiger partial charge in [-0.2, -0.15) is 0 Å². The molecule has 206 valence electrons. The number of carboxylic acid groups (broad SMARTS) is 1. The van der Waals surface area contributed by atoms with Gasteiger partial charge in [-0.1, -0.05) is 32.9 Å². The quantitative estimate of drug-likeness (QED) is 0.595. The predicted octanol–water partition coefficient (Wildman–Crippen LogP) is 2.95. The van der Waals surface area contributed by atoms with Gasteiger partial charge in [0.05, 0.1) is 11.0 Å². The third-order valence-electron chi connectivity index (χ3n) is 9.29. The van der Waals surface area contributed by atoms with Gasteiger partial charge in [-0.3, -0.25) is 28.9 Å². The van der Waals surface area contributed by atoms with Crippen molar-refractivity contribution in [3.05, 3.63) is 34.2 Å². The van der Waals surface area contributed by atoms with Crippen molar-refractivity contribution >= 4 is 28.9 Å². The first-order chi connectivity index (χ1) is 17.9. The van der Waals surface area contributed by atoms with E-state index in [1.807, 2.05) is 18.2 Å². The average Bonchev–Trinajstić information content (AvgIpc) is 3.11. The summed E-state index contributed by atoms with van der Waals surface area (Å²) in [6, 6.07) is 5.16. The molecule has 2 unspecified atom stereocenters. The van der Waals surface area contributed by atoms with E-state index in [-0.39, 0.29) is 28.8 Å². The molecule has 0 aliphatic carbocycles. The van der Waals surface area contributed by atoms with Crippen molar-refractivity contribution in [3.63, 3.8) is 0 Å². The zero-order chi connectivity index (χ0) is 27.4. The molecule has 3 fully saturated rings. The Balaban J connectivity index is 1.37. The first-order valence-electron chi connectivity index (χ1n) is 13.6. The number of hydrogen-bond acceptors (Lipinski definition) is 5. The summed E-state index contributed by atoms with van der Waals surface area (Å²) in [6.45, 7) is 10.4. The fourth-order valence-corrected chi connectivity index (χ4v) is 7.28. The molecule has 3 amide bonds. The van der Waals surface area contributed by atoms with Gasteiger partial charge in [0.1, 0.15) is 6.04 Å². The van der Waals surface area contributed by atoms with Crippen molar-refractivity contribution in [3.8, 4) is 0 Å². The smallest absolute Gasteiger partial charge is 0.407 e. The zero-order valence-corrected chi connectivity index (χ0v) is 22.8. The van der Waals surface area contributed by atoms with Crippen molar-refractivity contribution in [2.75, 3.05) is 26.2 Å². The highest BCUT2D eigenvalue weighted by Crippen LogP contribution is 2.52. The third-order valence-corrected chi connectivity index (χ3v) is 9.29. The number of carbonyl (C=O) groups excluding carboxylic acids is 2. The lowest BCUT2D eigenvalue weighted by molar-refractivity contribution is -0.135. The number of aromatic nitrogens is 2. The average molecular weight is 526 g/mol. The van der Waals surface area contributed by atoms with Crippen LogP contribution in [-0.2, 0) is 23.2 Å². The molecule has 1 aromatic heterocycles. The Bertz CT molecular complexity index is 1330. The molecule has 4 heterocycles. The lowest BCUT2D eigenvalue weighted by Gasteiger charge is -2.55. The number of fused-ring (bicyclic) bond motifs is 1. The van der Waals surface area contributed by atoms with Crippen LogP contribution in [0.4, 0.5) is 4.79 Å². The molecule has 3 aliphatic rings. The van der Waals surface area contributed by atoms with E-state index >= 15 is 0 Å². The summed E-state index contributed by atoms with van der Waals surface area (Å²) in [7, 11) is 1.74. The van der Waals surface area contributed by atoms with E-state index in [9.17, 15) is 24.3 Å². The number of piperidine rings is 3. The number of benzene rings is 1. The maximum atomic E-state index is 13.3. The molecule has 3 aliphatic heterocycles. The fourth-order valence-electron chi connectivity index (χ4n) is 7.28. The molecule has 0 bridgehead atoms. The minimum Gasteiger partial charge on any atom is -0.465 e. The second-order valence-electron chi connectivity index (χ2n) is 12.5. The normalized spacial score (nSPS) is 24.7. The third kappa shape index (κ3) is 4.52. The van der Waals surface area contributed by atoms with Gasteiger partial charge in [-0.05, 0) is 67.2 Å². The maximum Gasteiger partial charge on any atom is 0.407 e. The molecule has 10 heteroatoms. The number of para-hydroxylation sites is 1. The number of nitrogens with zero attached hydrogens (tertiary/aromatic N) is 4. The minimum absolute atomic E-state index is 0.0130. The molecule has 2 aromatic rings. The van der Waals surface area contributed by atoms with Gasteiger partial charge in [-0.25, -0.2) is 9.59 Å². The van der Waals surface area contributed by atoms with Gasteiger partial charge in [0.2, 0.25) is 11.8 Å². The van der Waals surface area contributed by atoms with Crippen LogP contribution in [0.15, 0.2) is 23.0 Å². The lowest BCUT2D eigenvalue weighted by Crippen LogP contribution is -2.56. The molecule has 1 spiro atoms. The van der Waals surface area contributed by atoms with Crippen molar-refractivity contribution in [2.45, 2.75) is 65.5 Å². The van der Waals surface area contributed by atoms with E-state index in [4.69, 9.17) is 0 Å². The number of aryl methyl sites for hydroxylation is 1. The minimum atomic E-state index is -0.825. The highest BCUT2D eigenvalue weighted by Gasteiger charge is 2.49. The number of amides is 3. The fraction of sp³-hybridized carbons (Fsp3) is 0.643. The summed E-state index contributed by atoms with van der Waals surface area (Å²) < 4.78 is 3.16. The largest absolute Gasteiger partial charge is 0.465 e. The summed E-state index contributed by atoms with van der Waals surface area (Å²) in [4.78, 5) is 53.2. The zero-order valence-electron chi connectivity index (χ0n) is 22.8. The summed E-state index contributed by atoms with van der Waals surface area (Å²) in [5.41, 5.74) is 2.47. The second kappa shape index (κ2) is 9.55. The van der Waals surface area contributed by atoms with E-state index in [1.165, 1.54) is 4.57 Å². The SMILES string of the molecule is Cn1c(=O)n(C2CCC(=O)NC2=O)c2cccc(CN3CCC4(CC3)CCN(C(=O)O)CC4C(C)(C)C)c21. The Kier molecular flexibility index (Phi) is 6.65. The maximum absolute atomic E-state index is 13.3. The van der Waals surface area contributed by atoms with Crippen LogP contribution in [0.25, 0.3) is 11.0 Å². The Hall–Kier alpha value is -3.14. The van der Waals surface area contributed by atoms with Crippen LogP contribution in [0.5, 0.6) is 0 Å². The first-order valence-corrected chi connectivity index (χ1v) is 13.6. The van der Waals surface area contributed by atoms with Crippen LogP contribution in [-0.4, -0.2) is 68.1 Å². The number of hydrogen-bond donors (Lipinski definition) is 2. The van der Waals surface area contributed by atoms with Crippen LogP contribution in [0.2, 0.25) is 0 Å². The number of likely N-dealkylation sites (tertiary alicyclic amines) is 2. The van der Waals surface area contributed by atoms with Crippen LogP contribution < -0.4 is 11.0 Å². The van der Waals surface area contributed by atoms with Gasteiger partial charge >= 0.3 is 11.8 Å². The molecular formula is C28H39N5O5. The van der Waals surface area contributed by atoms with E-state index < -0.39 is 18.0 Å². The molecule has 1 aromatic carbocycles. The Morgan fingerprint density at radius 3 is 2.42 bits per heavy atom. The molecule has 0 saturated carbocycles. The summed E-state index contributed by atoms with van der Waals surface area (Å²) >= 11 is 0. The van der Waals surface area contributed by atoms with Crippen molar-refractivity contribution < 1.29 is 19.5 Å². The van der Waals surface area contributed by atoms with E-state index in [2.05, 4.69) is 31.0 Å². The summed E-state index contributed by atoms with van der Waals surface area (Å²) in [5.74, 6) is -0.427. The molecule has 2 N–H and O–H groups in total. The van der Waals surface area contributed by atoms with Crippen LogP contribution in [0.3, 0.4) is 0 Å². The molecule has 38 heavy (non-hydrogen) atoms. The number of imidazole rings is 1. The van der Waals surface area contributed by atoms with Gasteiger partial charge in [0.15, 0.2) is 0 Å². The molecule has 3 saturated heterocycles. The summed E-state index contributed by atoms with van der Waals surface area (Å²) in [5, 5.41) is 12.0. The number of nitrogens with one attached hydrogen (secondary N) is 1. The number of imide groups is 1. The Morgan fingerprint density at radius 1 is 1.11 bits per heavy atom. The van der Waals surface area contributed by atoms with Crippen LogP contribution >= 0.6 is 0 Å². The highest BCUT2D eigenvalue weighted by atomic mass is 16.4. The monoisotopic (exact) mass is 525 g/mol. The first kappa shape index (κ1) is 26.5. The van der Waals surface area contributed by atoms with Crippen LogP contribution in [0.1, 0.15) is 64.5 Å². The molecule has 0 radical (unpaired) electrons. The van der Waals surface area contributed by atoms with Gasteiger partial charge < -0.3 is 10.0 Å². The van der Waals surface area contributed by atoms with E-state index in [0.29, 0.717) is 37.5 Å². The molecule has 5 rings (SSSR count). The van der Waals surface area contributed by atoms with E-state index in [0.717, 1.165) is 43.4 Å². The van der Waals surface area contributed by atoms with Gasteiger partial charge in [0.25, 0.3) is 0 Å². The second-order valence-corrected chi connectivity index (χ2v) is 12.5. The topological polar surface area (TPSA) is 117 Å². The van der Waals surface area contributed by atoms with Gasteiger partial charge in [0, 0.05) is 33.1 Å². The number of rotatable bonds is 3. The van der Waals surface area contributed by atoms with E-state index in [1.54, 1.807) is 16.5 Å².